The average Bonchev–Trinajstić information content (AvgIpc) is 3.30. The van der Waals surface area contributed by atoms with E-state index in [1.54, 1.807) is 0 Å². The second-order valence-electron chi connectivity index (χ2n) is 5.75. The SMILES string of the molecule is O=C(CCc1ncc(-c2c(F)cccc2F)o1)NNC(=O)[C@H]1CCCO1. The second-order valence-corrected chi connectivity index (χ2v) is 5.75. The van der Waals surface area contributed by atoms with E-state index in [0.717, 1.165) is 18.6 Å². The van der Waals surface area contributed by atoms with Gasteiger partial charge in [-0.3, -0.25) is 20.4 Å². The molecule has 1 aliphatic heterocycles. The third kappa shape index (κ3) is 4.23. The summed E-state index contributed by atoms with van der Waals surface area (Å²) in [5.74, 6) is -2.27. The van der Waals surface area contributed by atoms with Gasteiger partial charge < -0.3 is 9.15 Å². The zero-order chi connectivity index (χ0) is 18.5. The molecule has 1 saturated heterocycles. The number of carbonyl (C=O) groups is 2. The molecule has 9 heteroatoms. The van der Waals surface area contributed by atoms with Crippen molar-refractivity contribution < 1.29 is 27.5 Å². The predicted octanol–water partition coefficient (Wildman–Crippen LogP) is 1.88. The van der Waals surface area contributed by atoms with Gasteiger partial charge in [0.05, 0.1) is 11.8 Å². The van der Waals surface area contributed by atoms with Crippen LogP contribution in [0.3, 0.4) is 0 Å². The fraction of sp³-hybridized carbons (Fsp3) is 0.353. The number of nitrogens with one attached hydrogen (secondary N) is 2. The summed E-state index contributed by atoms with van der Waals surface area (Å²) in [6.07, 6.45) is 2.17. The molecule has 1 aromatic carbocycles. The van der Waals surface area contributed by atoms with Gasteiger partial charge in [-0.05, 0) is 25.0 Å². The first-order valence-corrected chi connectivity index (χ1v) is 8.14. The number of hydrogen-bond donors (Lipinski definition) is 2. The Hall–Kier alpha value is -2.81. The number of nitrogens with zero attached hydrogens (tertiary/aromatic N) is 1. The Balaban J connectivity index is 1.50. The van der Waals surface area contributed by atoms with Crippen molar-refractivity contribution in [2.45, 2.75) is 31.8 Å². The molecule has 0 bridgehead atoms. The molecular formula is C17H17F2N3O4. The van der Waals surface area contributed by atoms with Gasteiger partial charge in [0.15, 0.2) is 11.7 Å². The first kappa shape index (κ1) is 18.0. The van der Waals surface area contributed by atoms with Gasteiger partial charge in [0.25, 0.3) is 5.91 Å². The van der Waals surface area contributed by atoms with Crippen LogP contribution in [0.4, 0.5) is 8.78 Å². The molecule has 0 unspecified atom stereocenters. The molecule has 1 fully saturated rings. The molecule has 2 heterocycles. The lowest BCUT2D eigenvalue weighted by molar-refractivity contribution is -0.134. The van der Waals surface area contributed by atoms with Gasteiger partial charge in [-0.2, -0.15) is 0 Å². The highest BCUT2D eigenvalue weighted by atomic mass is 19.1. The highest BCUT2D eigenvalue weighted by molar-refractivity contribution is 5.84. The fourth-order valence-electron chi connectivity index (χ4n) is 2.55. The van der Waals surface area contributed by atoms with Crippen molar-refractivity contribution in [2.24, 2.45) is 0 Å². The van der Waals surface area contributed by atoms with Gasteiger partial charge in [-0.15, -0.1) is 0 Å². The fourth-order valence-corrected chi connectivity index (χ4v) is 2.55. The first-order valence-electron chi connectivity index (χ1n) is 8.14. The van der Waals surface area contributed by atoms with Crippen LogP contribution in [0.5, 0.6) is 0 Å². The van der Waals surface area contributed by atoms with Crippen LogP contribution < -0.4 is 10.9 Å². The molecule has 2 N–H and O–H groups in total. The molecule has 26 heavy (non-hydrogen) atoms. The molecule has 7 nitrogen and oxygen atoms in total. The normalized spacial score (nSPS) is 16.5. The summed E-state index contributed by atoms with van der Waals surface area (Å²) in [5.41, 5.74) is 4.27. The summed E-state index contributed by atoms with van der Waals surface area (Å²) in [6, 6.07) is 3.48. The number of aromatic nitrogens is 1. The Bertz CT molecular complexity index is 783. The number of oxazole rings is 1. The van der Waals surface area contributed by atoms with Crippen molar-refractivity contribution in [3.63, 3.8) is 0 Å². The molecule has 1 atom stereocenters. The summed E-state index contributed by atoms with van der Waals surface area (Å²) in [7, 11) is 0. The highest BCUT2D eigenvalue weighted by Crippen LogP contribution is 2.26. The Morgan fingerprint density at radius 3 is 2.69 bits per heavy atom. The molecule has 3 rings (SSSR count). The minimum atomic E-state index is -0.762. The lowest BCUT2D eigenvalue weighted by atomic mass is 10.1. The van der Waals surface area contributed by atoms with Crippen LogP contribution in [0.1, 0.15) is 25.2 Å². The lowest BCUT2D eigenvalue weighted by Gasteiger charge is -2.10. The summed E-state index contributed by atoms with van der Waals surface area (Å²) in [5, 5.41) is 0. The summed E-state index contributed by atoms with van der Waals surface area (Å²) < 4.78 is 37.9. The van der Waals surface area contributed by atoms with E-state index in [1.807, 2.05) is 0 Å². The van der Waals surface area contributed by atoms with Gasteiger partial charge >= 0.3 is 0 Å². The summed E-state index contributed by atoms with van der Waals surface area (Å²) in [6.45, 7) is 0.529. The van der Waals surface area contributed by atoms with E-state index >= 15 is 0 Å². The average molecular weight is 365 g/mol. The molecule has 0 radical (unpaired) electrons. The maximum atomic E-state index is 13.7. The summed E-state index contributed by atoms with van der Waals surface area (Å²) in [4.78, 5) is 27.4. The number of hydrogen-bond acceptors (Lipinski definition) is 5. The highest BCUT2D eigenvalue weighted by Gasteiger charge is 2.23. The molecule has 2 amide bonds. The van der Waals surface area contributed by atoms with Crippen LogP contribution in [0.25, 0.3) is 11.3 Å². The quantitative estimate of drug-likeness (QED) is 0.789. The van der Waals surface area contributed by atoms with E-state index in [2.05, 4.69) is 15.8 Å². The maximum Gasteiger partial charge on any atom is 0.267 e. The molecule has 138 valence electrons. The standard InChI is InChI=1S/C17H17F2N3O4/c18-10-3-1-4-11(19)16(10)13-9-20-15(26-13)7-6-14(23)21-22-17(24)12-5-2-8-25-12/h1,3-4,9,12H,2,5-8H2,(H,21,23)(H,22,24)/t12-/m1/s1. The number of amides is 2. The second kappa shape index (κ2) is 8.05. The van der Waals surface area contributed by atoms with Crippen molar-refractivity contribution in [1.82, 2.24) is 15.8 Å². The third-order valence-corrected chi connectivity index (χ3v) is 3.88. The van der Waals surface area contributed by atoms with Crippen molar-refractivity contribution in [3.8, 4) is 11.3 Å². The van der Waals surface area contributed by atoms with Crippen LogP contribution in [-0.2, 0) is 20.7 Å². The van der Waals surface area contributed by atoms with Crippen molar-refractivity contribution in [3.05, 3.63) is 41.9 Å². The number of hydrazine groups is 1. The molecule has 2 aromatic rings. The molecule has 0 aliphatic carbocycles. The minimum absolute atomic E-state index is 0.0223. The van der Waals surface area contributed by atoms with Gasteiger partial charge in [0.1, 0.15) is 17.7 Å². The van der Waals surface area contributed by atoms with Gasteiger partial charge in [-0.25, -0.2) is 13.8 Å². The van der Waals surface area contributed by atoms with Crippen molar-refractivity contribution in [1.29, 1.82) is 0 Å². The Labute approximate surface area is 147 Å². The number of halogens is 2. The molecule has 1 aromatic heterocycles. The van der Waals surface area contributed by atoms with Crippen LogP contribution in [0.2, 0.25) is 0 Å². The minimum Gasteiger partial charge on any atom is -0.441 e. The number of rotatable bonds is 5. The molecule has 0 saturated carbocycles. The number of aryl methyl sites for hydroxylation is 1. The number of carbonyl (C=O) groups excluding carboxylic acids is 2. The number of benzene rings is 1. The van der Waals surface area contributed by atoms with E-state index in [9.17, 15) is 18.4 Å². The van der Waals surface area contributed by atoms with E-state index in [4.69, 9.17) is 9.15 Å². The van der Waals surface area contributed by atoms with E-state index < -0.39 is 29.6 Å². The van der Waals surface area contributed by atoms with Crippen LogP contribution in [0.15, 0.2) is 28.8 Å². The topological polar surface area (TPSA) is 93.5 Å². The van der Waals surface area contributed by atoms with Crippen LogP contribution in [0, 0.1) is 11.6 Å². The monoisotopic (exact) mass is 365 g/mol. The van der Waals surface area contributed by atoms with E-state index in [-0.39, 0.29) is 30.1 Å². The Kier molecular flexibility index (Phi) is 5.57. The smallest absolute Gasteiger partial charge is 0.267 e. The zero-order valence-corrected chi connectivity index (χ0v) is 13.8. The maximum absolute atomic E-state index is 13.7. The van der Waals surface area contributed by atoms with E-state index in [1.165, 1.54) is 12.3 Å². The first-order chi connectivity index (χ1) is 12.5. The van der Waals surface area contributed by atoms with Crippen LogP contribution >= 0.6 is 0 Å². The van der Waals surface area contributed by atoms with Gasteiger partial charge in [-0.1, -0.05) is 6.07 Å². The Morgan fingerprint density at radius 1 is 1.23 bits per heavy atom. The van der Waals surface area contributed by atoms with Gasteiger partial charge in [0, 0.05) is 19.4 Å². The van der Waals surface area contributed by atoms with E-state index in [0.29, 0.717) is 13.0 Å². The van der Waals surface area contributed by atoms with Crippen molar-refractivity contribution >= 4 is 11.8 Å². The van der Waals surface area contributed by atoms with Crippen LogP contribution in [-0.4, -0.2) is 29.5 Å². The zero-order valence-electron chi connectivity index (χ0n) is 13.8. The summed E-state index contributed by atoms with van der Waals surface area (Å²) >= 11 is 0. The third-order valence-electron chi connectivity index (χ3n) is 3.88. The predicted molar refractivity (Wildman–Crippen MR) is 85.4 cm³/mol. The largest absolute Gasteiger partial charge is 0.441 e. The Morgan fingerprint density at radius 2 is 2.00 bits per heavy atom. The lowest BCUT2D eigenvalue weighted by Crippen LogP contribution is -2.46. The van der Waals surface area contributed by atoms with Gasteiger partial charge in [0.2, 0.25) is 5.91 Å². The van der Waals surface area contributed by atoms with Crippen molar-refractivity contribution in [2.75, 3.05) is 6.61 Å². The molecule has 1 aliphatic rings. The molecule has 0 spiro atoms. The molecular weight excluding hydrogens is 348 g/mol. The number of ether oxygens (including phenoxy) is 1.